The van der Waals surface area contributed by atoms with E-state index in [-0.39, 0.29) is 29.4 Å². The summed E-state index contributed by atoms with van der Waals surface area (Å²) >= 11 is 3.28. The molecular weight excluding hydrogens is 541 g/mol. The molecule has 7 nitrogen and oxygen atoms in total. The highest BCUT2D eigenvalue weighted by Crippen LogP contribution is 2.49. The first-order valence-corrected chi connectivity index (χ1v) is 15.5. The fraction of sp³-hybridized carbons (Fsp3) is 0.323. The summed E-state index contributed by atoms with van der Waals surface area (Å²) in [5.41, 5.74) is 3.54. The smallest absolute Gasteiger partial charge is 0.242 e. The fourth-order valence-corrected chi connectivity index (χ4v) is 7.57. The van der Waals surface area contributed by atoms with E-state index in [0.717, 1.165) is 59.1 Å². The van der Waals surface area contributed by atoms with Crippen LogP contribution >= 0.6 is 23.1 Å². The van der Waals surface area contributed by atoms with Gasteiger partial charge in [0.1, 0.15) is 18.1 Å². The molecule has 4 heterocycles. The van der Waals surface area contributed by atoms with Crippen molar-refractivity contribution in [2.24, 2.45) is 5.92 Å². The molecule has 1 unspecified atom stereocenters. The number of aromatic nitrogens is 2. The van der Waals surface area contributed by atoms with Crippen molar-refractivity contribution in [2.45, 2.75) is 25.0 Å². The van der Waals surface area contributed by atoms with Crippen LogP contribution in [-0.4, -0.2) is 59.0 Å². The molecule has 0 aliphatic carbocycles. The van der Waals surface area contributed by atoms with E-state index in [1.54, 1.807) is 35.1 Å². The lowest BCUT2D eigenvalue weighted by atomic mass is 9.99. The minimum atomic E-state index is -0.0999. The Kier molecular flexibility index (Phi) is 7.67. The van der Waals surface area contributed by atoms with Crippen LogP contribution in [0.4, 0.5) is 5.82 Å². The van der Waals surface area contributed by atoms with Crippen LogP contribution in [0.2, 0.25) is 0 Å². The average Bonchev–Trinajstić information content (AvgIpc) is 3.63. The number of methoxy groups -OCH3 is 1. The van der Waals surface area contributed by atoms with E-state index in [9.17, 15) is 9.59 Å². The third-order valence-corrected chi connectivity index (χ3v) is 10.0. The third-order valence-electron chi connectivity index (χ3n) is 7.68. The Morgan fingerprint density at radius 2 is 1.77 bits per heavy atom. The maximum Gasteiger partial charge on any atom is 0.242 e. The molecule has 1 saturated heterocycles. The molecule has 0 spiro atoms. The van der Waals surface area contributed by atoms with E-state index >= 15 is 0 Å². The predicted molar refractivity (Wildman–Crippen MR) is 162 cm³/mol. The lowest BCUT2D eigenvalue weighted by Crippen LogP contribution is -2.46. The van der Waals surface area contributed by atoms with Crippen molar-refractivity contribution in [3.63, 3.8) is 0 Å². The summed E-state index contributed by atoms with van der Waals surface area (Å²) in [6.45, 7) is 3.68. The van der Waals surface area contributed by atoms with Crippen molar-refractivity contribution >= 4 is 40.7 Å². The molecule has 9 heteroatoms. The van der Waals surface area contributed by atoms with Crippen molar-refractivity contribution in [1.82, 2.24) is 14.7 Å². The quantitative estimate of drug-likeness (QED) is 0.282. The number of thiophene rings is 1. The van der Waals surface area contributed by atoms with E-state index in [0.29, 0.717) is 11.7 Å². The number of benzene rings is 2. The number of fused-ring (bicyclic) bond motifs is 1. The van der Waals surface area contributed by atoms with E-state index in [1.165, 1.54) is 0 Å². The molecule has 40 heavy (non-hydrogen) atoms. The number of nitrogens with zero attached hydrogens (tertiary/aromatic N) is 4. The molecule has 6 rings (SSSR count). The van der Waals surface area contributed by atoms with Gasteiger partial charge in [-0.05, 0) is 54.5 Å². The highest BCUT2D eigenvalue weighted by Gasteiger charge is 2.38. The largest absolute Gasteiger partial charge is 0.497 e. The Morgan fingerprint density at radius 1 is 1.02 bits per heavy atom. The number of rotatable bonds is 6. The second kappa shape index (κ2) is 11.5. The summed E-state index contributed by atoms with van der Waals surface area (Å²) in [6.07, 6.45) is 1.98. The number of carbonyl (C=O) groups excluding carboxylic acids is 2. The summed E-state index contributed by atoms with van der Waals surface area (Å²) in [6, 6.07) is 21.9. The standard InChI is InChI=1S/C31H32N4O3S2/c1-21-14-16-33(17-15-21)26(36)19-34-27(37)20-40-30(25-9-6-18-39-25)28-29(22-7-4-3-5-8-22)32-35(31(28)34)23-10-12-24(38-2)13-11-23/h3-13,18,21,30H,14-17,19-20H2,1-2H3. The van der Waals surface area contributed by atoms with Gasteiger partial charge in [-0.2, -0.15) is 5.10 Å². The van der Waals surface area contributed by atoms with Gasteiger partial charge in [0.05, 0.1) is 29.5 Å². The summed E-state index contributed by atoms with van der Waals surface area (Å²) in [7, 11) is 1.64. The van der Waals surface area contributed by atoms with Gasteiger partial charge in [0.25, 0.3) is 0 Å². The number of hydrogen-bond acceptors (Lipinski definition) is 6. The van der Waals surface area contributed by atoms with Crippen molar-refractivity contribution in [3.05, 3.63) is 82.6 Å². The van der Waals surface area contributed by atoms with Crippen LogP contribution in [-0.2, 0) is 9.59 Å². The van der Waals surface area contributed by atoms with Crippen LogP contribution in [0.5, 0.6) is 5.75 Å². The molecule has 2 aliphatic heterocycles. The van der Waals surface area contributed by atoms with Crippen LogP contribution < -0.4 is 9.64 Å². The number of likely N-dealkylation sites (tertiary alicyclic amines) is 1. The van der Waals surface area contributed by atoms with Gasteiger partial charge in [-0.1, -0.05) is 43.3 Å². The molecule has 206 valence electrons. The van der Waals surface area contributed by atoms with Crippen molar-refractivity contribution < 1.29 is 14.3 Å². The lowest BCUT2D eigenvalue weighted by molar-refractivity contribution is -0.132. The summed E-state index contributed by atoms with van der Waals surface area (Å²) in [4.78, 5) is 32.3. The molecule has 2 aromatic heterocycles. The monoisotopic (exact) mass is 572 g/mol. The summed E-state index contributed by atoms with van der Waals surface area (Å²) < 4.78 is 7.24. The van der Waals surface area contributed by atoms with Crippen LogP contribution in [0.1, 0.15) is 35.5 Å². The molecule has 0 radical (unpaired) electrons. The van der Waals surface area contributed by atoms with Crippen molar-refractivity contribution in [1.29, 1.82) is 0 Å². The Balaban J connectivity index is 1.54. The number of anilines is 1. The fourth-order valence-electron chi connectivity index (χ4n) is 5.39. The third kappa shape index (κ3) is 5.15. The first-order valence-electron chi connectivity index (χ1n) is 13.6. The minimum absolute atomic E-state index is 0.00594. The topological polar surface area (TPSA) is 67.7 Å². The Morgan fingerprint density at radius 3 is 2.45 bits per heavy atom. The van der Waals surface area contributed by atoms with Gasteiger partial charge in [0.15, 0.2) is 0 Å². The van der Waals surface area contributed by atoms with Crippen molar-refractivity contribution in [3.8, 4) is 22.7 Å². The number of thioether (sulfide) groups is 1. The van der Waals surface area contributed by atoms with Crippen molar-refractivity contribution in [2.75, 3.05) is 37.4 Å². The molecule has 0 bridgehead atoms. The number of amides is 2. The van der Waals surface area contributed by atoms with Crippen LogP contribution in [0.15, 0.2) is 72.1 Å². The van der Waals surface area contributed by atoms with Gasteiger partial charge in [-0.15, -0.1) is 23.1 Å². The minimum Gasteiger partial charge on any atom is -0.497 e. The molecule has 1 fully saturated rings. The normalized spacial score (nSPS) is 17.9. The first kappa shape index (κ1) is 26.7. The van der Waals surface area contributed by atoms with E-state index in [1.807, 2.05) is 70.2 Å². The second-order valence-electron chi connectivity index (χ2n) is 10.3. The maximum atomic E-state index is 13.9. The summed E-state index contributed by atoms with van der Waals surface area (Å²) in [5.74, 6) is 2.19. The van der Waals surface area contributed by atoms with Crippen LogP contribution in [0.3, 0.4) is 0 Å². The Hall–Kier alpha value is -3.56. The average molecular weight is 573 g/mol. The molecule has 2 aliphatic rings. The number of hydrogen-bond donors (Lipinski definition) is 0. The van der Waals surface area contributed by atoms with Gasteiger partial charge >= 0.3 is 0 Å². The van der Waals surface area contributed by atoms with Gasteiger partial charge in [-0.25, -0.2) is 4.68 Å². The molecule has 2 aromatic carbocycles. The molecule has 4 aromatic rings. The van der Waals surface area contributed by atoms with E-state index in [2.05, 4.69) is 18.4 Å². The second-order valence-corrected chi connectivity index (χ2v) is 12.4. The number of carbonyl (C=O) groups is 2. The molecule has 0 saturated carbocycles. The zero-order chi connectivity index (χ0) is 27.6. The Bertz CT molecular complexity index is 1480. The lowest BCUT2D eigenvalue weighted by Gasteiger charge is -2.32. The Labute approximate surface area is 242 Å². The molecular formula is C31H32N4O3S2. The predicted octanol–water partition coefficient (Wildman–Crippen LogP) is 6.04. The van der Waals surface area contributed by atoms with Gasteiger partial charge in [0, 0.05) is 29.1 Å². The number of ether oxygens (including phenoxy) is 1. The summed E-state index contributed by atoms with van der Waals surface area (Å²) in [5, 5.41) is 7.12. The molecule has 0 N–H and O–H groups in total. The van der Waals surface area contributed by atoms with E-state index in [4.69, 9.17) is 9.84 Å². The SMILES string of the molecule is COc1ccc(-n2nc(-c3ccccc3)c3c2N(CC(=O)N2CCC(C)CC2)C(=O)CSC3c2cccs2)cc1. The highest BCUT2D eigenvalue weighted by molar-refractivity contribution is 8.00. The van der Waals surface area contributed by atoms with Gasteiger partial charge < -0.3 is 9.64 Å². The van der Waals surface area contributed by atoms with Gasteiger partial charge in [0.2, 0.25) is 11.8 Å². The maximum absolute atomic E-state index is 13.9. The highest BCUT2D eigenvalue weighted by atomic mass is 32.2. The van der Waals surface area contributed by atoms with Crippen LogP contribution in [0, 0.1) is 5.92 Å². The zero-order valence-electron chi connectivity index (χ0n) is 22.7. The number of piperidine rings is 1. The molecule has 1 atom stereocenters. The molecule has 2 amide bonds. The zero-order valence-corrected chi connectivity index (χ0v) is 24.3. The van der Waals surface area contributed by atoms with Gasteiger partial charge in [-0.3, -0.25) is 14.5 Å². The van der Waals surface area contributed by atoms with E-state index < -0.39 is 0 Å². The van der Waals surface area contributed by atoms with Crippen LogP contribution in [0.25, 0.3) is 16.9 Å². The first-order chi connectivity index (χ1) is 19.5.